The molecule has 5 heteroatoms. The lowest BCUT2D eigenvalue weighted by molar-refractivity contribution is 0.104. The van der Waals surface area contributed by atoms with E-state index in [0.29, 0.717) is 0 Å². The van der Waals surface area contributed by atoms with E-state index in [2.05, 4.69) is 29.2 Å². The van der Waals surface area contributed by atoms with E-state index in [-0.39, 0.29) is 21.4 Å². The van der Waals surface area contributed by atoms with E-state index in [4.69, 9.17) is 11.6 Å². The quantitative estimate of drug-likeness (QED) is 0.342. The average molecular weight is 201 g/mol. The SMILES string of the molecule is C=C(S)C(=O)c1cncnc1Cl. The van der Waals surface area contributed by atoms with E-state index in [9.17, 15) is 4.79 Å². The lowest BCUT2D eigenvalue weighted by atomic mass is 10.2. The Labute approximate surface area is 79.9 Å². The standard InChI is InChI=1S/C7H5ClN2OS/c1-4(12)6(11)5-2-9-3-10-7(5)8/h2-3,12H,1H2. The molecule has 0 aliphatic carbocycles. The van der Waals surface area contributed by atoms with Gasteiger partial charge in [0.2, 0.25) is 5.78 Å². The maximum absolute atomic E-state index is 11.2. The van der Waals surface area contributed by atoms with Gasteiger partial charge in [-0.25, -0.2) is 9.97 Å². The van der Waals surface area contributed by atoms with Gasteiger partial charge in [-0.1, -0.05) is 18.2 Å². The highest BCUT2D eigenvalue weighted by Crippen LogP contribution is 2.15. The molecule has 0 atom stereocenters. The number of aromatic nitrogens is 2. The Morgan fingerprint density at radius 2 is 2.33 bits per heavy atom. The number of hydrogen-bond acceptors (Lipinski definition) is 4. The highest BCUT2D eigenvalue weighted by Gasteiger charge is 2.11. The van der Waals surface area contributed by atoms with Gasteiger partial charge in [0.25, 0.3) is 0 Å². The van der Waals surface area contributed by atoms with Crippen molar-refractivity contribution in [3.8, 4) is 0 Å². The van der Waals surface area contributed by atoms with Gasteiger partial charge in [0, 0.05) is 11.1 Å². The number of allylic oxidation sites excluding steroid dienone is 1. The van der Waals surface area contributed by atoms with Crippen LogP contribution >= 0.6 is 24.2 Å². The zero-order valence-corrected chi connectivity index (χ0v) is 7.64. The Bertz CT molecular complexity index is 340. The van der Waals surface area contributed by atoms with E-state index in [1.807, 2.05) is 0 Å². The molecule has 0 fully saturated rings. The summed E-state index contributed by atoms with van der Waals surface area (Å²) in [5, 5.41) is 0.116. The monoisotopic (exact) mass is 200 g/mol. The first-order valence-corrected chi connectivity index (χ1v) is 3.83. The summed E-state index contributed by atoms with van der Waals surface area (Å²) in [7, 11) is 0. The van der Waals surface area contributed by atoms with Gasteiger partial charge >= 0.3 is 0 Å². The van der Waals surface area contributed by atoms with Crippen LogP contribution < -0.4 is 0 Å². The summed E-state index contributed by atoms with van der Waals surface area (Å²) in [6, 6.07) is 0. The number of carbonyl (C=O) groups is 1. The Balaban J connectivity index is 3.11. The Morgan fingerprint density at radius 3 is 2.83 bits per heavy atom. The van der Waals surface area contributed by atoms with Gasteiger partial charge in [0.05, 0.1) is 5.56 Å². The fourth-order valence-corrected chi connectivity index (χ4v) is 0.921. The van der Waals surface area contributed by atoms with E-state index in [0.717, 1.165) is 0 Å². The molecular formula is C7H5ClN2OS. The van der Waals surface area contributed by atoms with Crippen LogP contribution in [-0.2, 0) is 0 Å². The summed E-state index contributed by atoms with van der Waals surface area (Å²) in [4.78, 5) is 18.6. The van der Waals surface area contributed by atoms with Crippen LogP contribution in [0.4, 0.5) is 0 Å². The number of nitrogens with zero attached hydrogens (tertiary/aromatic N) is 2. The minimum absolute atomic E-state index is 0.116. The van der Waals surface area contributed by atoms with Crippen molar-refractivity contribution in [2.75, 3.05) is 0 Å². The second-order valence-corrected chi connectivity index (χ2v) is 2.90. The zero-order valence-electron chi connectivity index (χ0n) is 5.99. The maximum Gasteiger partial charge on any atom is 0.203 e. The average Bonchev–Trinajstić information content (AvgIpc) is 2.04. The summed E-state index contributed by atoms with van der Waals surface area (Å²) in [5.74, 6) is -0.357. The molecule has 1 aromatic rings. The van der Waals surface area contributed by atoms with Crippen LogP contribution in [0.3, 0.4) is 0 Å². The molecule has 0 aliphatic heterocycles. The van der Waals surface area contributed by atoms with Crippen LogP contribution in [0, 0.1) is 0 Å². The minimum Gasteiger partial charge on any atom is -0.288 e. The summed E-state index contributed by atoms with van der Waals surface area (Å²) >= 11 is 9.41. The number of halogens is 1. The molecule has 0 unspecified atom stereocenters. The van der Waals surface area contributed by atoms with Crippen molar-refractivity contribution >= 4 is 30.0 Å². The van der Waals surface area contributed by atoms with E-state index >= 15 is 0 Å². The van der Waals surface area contributed by atoms with Crippen LogP contribution in [0.5, 0.6) is 0 Å². The van der Waals surface area contributed by atoms with Crippen LogP contribution in [0.1, 0.15) is 10.4 Å². The summed E-state index contributed by atoms with van der Waals surface area (Å²) < 4.78 is 0. The molecular weight excluding hydrogens is 196 g/mol. The summed E-state index contributed by atoms with van der Waals surface area (Å²) in [6.07, 6.45) is 2.60. The topological polar surface area (TPSA) is 42.9 Å². The van der Waals surface area contributed by atoms with Crippen molar-refractivity contribution in [3.05, 3.63) is 34.7 Å². The molecule has 3 nitrogen and oxygen atoms in total. The third kappa shape index (κ3) is 1.84. The van der Waals surface area contributed by atoms with Crippen molar-refractivity contribution in [2.45, 2.75) is 0 Å². The molecule has 1 rings (SSSR count). The van der Waals surface area contributed by atoms with Crippen molar-refractivity contribution in [3.63, 3.8) is 0 Å². The first kappa shape index (κ1) is 9.22. The smallest absolute Gasteiger partial charge is 0.203 e. The number of carbonyl (C=O) groups excluding carboxylic acids is 1. The highest BCUT2D eigenvalue weighted by molar-refractivity contribution is 7.85. The normalized spacial score (nSPS) is 9.50. The van der Waals surface area contributed by atoms with Crippen molar-refractivity contribution in [2.24, 2.45) is 0 Å². The van der Waals surface area contributed by atoms with Crippen molar-refractivity contribution in [1.29, 1.82) is 0 Å². The third-order valence-corrected chi connectivity index (χ3v) is 1.67. The number of thiol groups is 1. The second kappa shape index (κ2) is 3.69. The molecule has 0 radical (unpaired) electrons. The lowest BCUT2D eigenvalue weighted by Gasteiger charge is -1.98. The van der Waals surface area contributed by atoms with Crippen LogP contribution in [0.2, 0.25) is 5.15 Å². The fraction of sp³-hybridized carbons (Fsp3) is 0. The number of rotatable bonds is 2. The Kier molecular flexibility index (Phi) is 2.83. The Hall–Kier alpha value is -0.870. The van der Waals surface area contributed by atoms with Gasteiger partial charge in [-0.2, -0.15) is 0 Å². The third-order valence-electron chi connectivity index (χ3n) is 1.17. The number of hydrogen-bond donors (Lipinski definition) is 1. The predicted octanol–water partition coefficient (Wildman–Crippen LogP) is 1.76. The van der Waals surface area contributed by atoms with Crippen LogP contribution in [0.15, 0.2) is 24.0 Å². The predicted molar refractivity (Wildman–Crippen MR) is 49.5 cm³/mol. The fourth-order valence-electron chi connectivity index (χ4n) is 0.622. The lowest BCUT2D eigenvalue weighted by Crippen LogP contribution is -2.00. The first-order chi connectivity index (χ1) is 5.63. The molecule has 1 heterocycles. The molecule has 0 aromatic carbocycles. The van der Waals surface area contributed by atoms with Crippen molar-refractivity contribution < 1.29 is 4.79 Å². The van der Waals surface area contributed by atoms with E-state index in [1.54, 1.807) is 0 Å². The van der Waals surface area contributed by atoms with E-state index < -0.39 is 0 Å². The molecule has 0 amide bonds. The van der Waals surface area contributed by atoms with Gasteiger partial charge in [0.1, 0.15) is 11.5 Å². The van der Waals surface area contributed by atoms with Crippen LogP contribution in [0.25, 0.3) is 0 Å². The molecule has 0 bridgehead atoms. The molecule has 0 aliphatic rings. The maximum atomic E-state index is 11.2. The van der Waals surface area contributed by atoms with Gasteiger partial charge < -0.3 is 0 Å². The highest BCUT2D eigenvalue weighted by atomic mass is 35.5. The molecule has 12 heavy (non-hydrogen) atoms. The molecule has 62 valence electrons. The van der Waals surface area contributed by atoms with Gasteiger partial charge in [-0.05, 0) is 0 Å². The molecule has 0 spiro atoms. The molecule has 1 aromatic heterocycles. The zero-order chi connectivity index (χ0) is 9.14. The minimum atomic E-state index is -0.357. The Morgan fingerprint density at radius 1 is 1.67 bits per heavy atom. The first-order valence-electron chi connectivity index (χ1n) is 3.01. The summed E-state index contributed by atoms with van der Waals surface area (Å²) in [6.45, 7) is 3.37. The van der Waals surface area contributed by atoms with Gasteiger partial charge in [-0.15, -0.1) is 12.6 Å². The molecule has 0 N–H and O–H groups in total. The second-order valence-electron chi connectivity index (χ2n) is 2.00. The number of ketones is 1. The summed E-state index contributed by atoms with van der Waals surface area (Å²) in [5.41, 5.74) is 0.221. The number of Topliss-reactive ketones (excluding diaryl/α,β-unsaturated/α-hetero) is 1. The largest absolute Gasteiger partial charge is 0.288 e. The van der Waals surface area contributed by atoms with E-state index in [1.165, 1.54) is 12.5 Å². The van der Waals surface area contributed by atoms with Crippen LogP contribution in [-0.4, -0.2) is 15.8 Å². The van der Waals surface area contributed by atoms with Crippen molar-refractivity contribution in [1.82, 2.24) is 9.97 Å². The molecule has 0 saturated heterocycles. The van der Waals surface area contributed by atoms with Gasteiger partial charge in [-0.3, -0.25) is 4.79 Å². The van der Waals surface area contributed by atoms with Gasteiger partial charge in [0.15, 0.2) is 0 Å². The molecule has 0 saturated carbocycles.